The molecular weight excluding hydrogens is 250 g/mol. The quantitative estimate of drug-likeness (QED) is 0.783. The summed E-state index contributed by atoms with van der Waals surface area (Å²) in [7, 11) is 3.36. The van der Waals surface area contributed by atoms with Gasteiger partial charge in [0.1, 0.15) is 18.0 Å². The normalized spacial score (nSPS) is 10.3. The molecule has 0 aromatic heterocycles. The van der Waals surface area contributed by atoms with Gasteiger partial charge in [0.25, 0.3) is 0 Å². The van der Waals surface area contributed by atoms with E-state index in [4.69, 9.17) is 9.47 Å². The second-order valence-corrected chi connectivity index (χ2v) is 4.74. The Balaban J connectivity index is 1.84. The molecule has 20 heavy (non-hydrogen) atoms. The highest BCUT2D eigenvalue weighted by Crippen LogP contribution is 2.21. The van der Waals surface area contributed by atoms with Gasteiger partial charge >= 0.3 is 0 Å². The van der Waals surface area contributed by atoms with Crippen molar-refractivity contribution in [2.45, 2.75) is 13.0 Å². The summed E-state index contributed by atoms with van der Waals surface area (Å²) in [5.74, 6) is 1.69. The molecule has 2 N–H and O–H groups in total. The van der Waals surface area contributed by atoms with Crippen LogP contribution in [0.2, 0.25) is 0 Å². The molecule has 0 aliphatic heterocycles. The van der Waals surface area contributed by atoms with Crippen molar-refractivity contribution in [1.82, 2.24) is 0 Å². The molecule has 0 aliphatic rings. The SMILES string of the molecule is COc1cc(C[NH2+]CCc2ccccc2)cc(OC)c1. The van der Waals surface area contributed by atoms with Crippen molar-refractivity contribution >= 4 is 0 Å². The minimum absolute atomic E-state index is 0.843. The Morgan fingerprint density at radius 2 is 1.50 bits per heavy atom. The lowest BCUT2D eigenvalue weighted by Crippen LogP contribution is -2.83. The third-order valence-corrected chi connectivity index (χ3v) is 3.27. The van der Waals surface area contributed by atoms with Crippen molar-refractivity contribution < 1.29 is 14.8 Å². The fourth-order valence-electron chi connectivity index (χ4n) is 2.17. The summed E-state index contributed by atoms with van der Waals surface area (Å²) in [6, 6.07) is 16.6. The number of rotatable bonds is 7. The average molecular weight is 272 g/mol. The van der Waals surface area contributed by atoms with E-state index in [1.807, 2.05) is 6.07 Å². The number of hydrogen-bond donors (Lipinski definition) is 1. The number of ether oxygens (including phenoxy) is 2. The molecule has 0 aliphatic carbocycles. The van der Waals surface area contributed by atoms with Crippen molar-refractivity contribution in [1.29, 1.82) is 0 Å². The summed E-state index contributed by atoms with van der Waals surface area (Å²) in [4.78, 5) is 0. The van der Waals surface area contributed by atoms with Gasteiger partial charge in [-0.05, 0) is 17.7 Å². The fourth-order valence-corrected chi connectivity index (χ4v) is 2.17. The van der Waals surface area contributed by atoms with Crippen molar-refractivity contribution in [2.24, 2.45) is 0 Å². The molecule has 0 atom stereocenters. The van der Waals surface area contributed by atoms with Gasteiger partial charge < -0.3 is 14.8 Å². The molecule has 0 saturated carbocycles. The molecule has 3 nitrogen and oxygen atoms in total. The van der Waals surface area contributed by atoms with Crippen molar-refractivity contribution in [3.8, 4) is 11.5 Å². The molecule has 2 rings (SSSR count). The van der Waals surface area contributed by atoms with E-state index < -0.39 is 0 Å². The molecule has 2 aromatic carbocycles. The molecule has 0 heterocycles. The second kappa shape index (κ2) is 7.56. The molecule has 0 spiro atoms. The maximum Gasteiger partial charge on any atom is 0.123 e. The highest BCUT2D eigenvalue weighted by Gasteiger charge is 2.03. The van der Waals surface area contributed by atoms with Gasteiger partial charge in [-0.1, -0.05) is 30.3 Å². The Morgan fingerprint density at radius 3 is 2.10 bits per heavy atom. The largest absolute Gasteiger partial charge is 0.497 e. The highest BCUT2D eigenvalue weighted by molar-refractivity contribution is 5.38. The van der Waals surface area contributed by atoms with Gasteiger partial charge in [-0.15, -0.1) is 0 Å². The summed E-state index contributed by atoms with van der Waals surface area (Å²) in [5.41, 5.74) is 2.60. The lowest BCUT2D eigenvalue weighted by Gasteiger charge is -2.08. The van der Waals surface area contributed by atoms with Crippen molar-refractivity contribution in [3.63, 3.8) is 0 Å². The van der Waals surface area contributed by atoms with Crippen LogP contribution in [0.25, 0.3) is 0 Å². The summed E-state index contributed by atoms with van der Waals surface area (Å²) in [6.45, 7) is 2.00. The first kappa shape index (κ1) is 14.4. The first-order valence-electron chi connectivity index (χ1n) is 6.89. The first-order chi connectivity index (χ1) is 9.81. The predicted octanol–water partition coefficient (Wildman–Crippen LogP) is 2.01. The Hall–Kier alpha value is -2.00. The van der Waals surface area contributed by atoms with Gasteiger partial charge in [0.05, 0.1) is 20.8 Å². The fraction of sp³-hybridized carbons (Fsp3) is 0.294. The lowest BCUT2D eigenvalue weighted by molar-refractivity contribution is -0.670. The first-order valence-corrected chi connectivity index (χ1v) is 6.89. The summed E-state index contributed by atoms with van der Waals surface area (Å²) in [5, 5.41) is 2.31. The summed E-state index contributed by atoms with van der Waals surface area (Å²) < 4.78 is 10.6. The number of benzene rings is 2. The van der Waals surface area contributed by atoms with E-state index in [2.05, 4.69) is 47.8 Å². The molecule has 0 radical (unpaired) electrons. The lowest BCUT2D eigenvalue weighted by atomic mass is 10.1. The zero-order chi connectivity index (χ0) is 14.2. The van der Waals surface area contributed by atoms with Gasteiger partial charge in [-0.25, -0.2) is 0 Å². The third kappa shape index (κ3) is 4.28. The van der Waals surface area contributed by atoms with E-state index in [0.29, 0.717) is 0 Å². The minimum Gasteiger partial charge on any atom is -0.497 e. The maximum absolute atomic E-state index is 5.28. The number of methoxy groups -OCH3 is 2. The molecule has 2 aromatic rings. The van der Waals surface area contributed by atoms with Gasteiger partial charge in [-0.2, -0.15) is 0 Å². The highest BCUT2D eigenvalue weighted by atomic mass is 16.5. The maximum atomic E-state index is 5.28. The monoisotopic (exact) mass is 272 g/mol. The van der Waals surface area contributed by atoms with Crippen LogP contribution in [-0.2, 0) is 13.0 Å². The van der Waals surface area contributed by atoms with Crippen LogP contribution in [0.3, 0.4) is 0 Å². The smallest absolute Gasteiger partial charge is 0.123 e. The van der Waals surface area contributed by atoms with E-state index in [1.165, 1.54) is 11.1 Å². The molecule has 0 amide bonds. The van der Waals surface area contributed by atoms with Crippen LogP contribution in [0, 0.1) is 0 Å². The summed E-state index contributed by atoms with van der Waals surface area (Å²) >= 11 is 0. The van der Waals surface area contributed by atoms with Crippen molar-refractivity contribution in [3.05, 3.63) is 59.7 Å². The van der Waals surface area contributed by atoms with Crippen LogP contribution in [0.15, 0.2) is 48.5 Å². The minimum atomic E-state index is 0.843. The van der Waals surface area contributed by atoms with Crippen LogP contribution in [0.5, 0.6) is 11.5 Å². The van der Waals surface area contributed by atoms with Gasteiger partial charge in [0.2, 0.25) is 0 Å². The number of nitrogens with two attached hydrogens (primary N) is 1. The standard InChI is InChI=1S/C17H21NO2/c1-19-16-10-15(11-17(12-16)20-2)13-18-9-8-14-6-4-3-5-7-14/h3-7,10-12,18H,8-9,13H2,1-2H3/p+1. The molecule has 0 unspecified atom stereocenters. The zero-order valence-electron chi connectivity index (χ0n) is 12.1. The van der Waals surface area contributed by atoms with E-state index in [1.54, 1.807) is 14.2 Å². The van der Waals surface area contributed by atoms with Gasteiger partial charge in [-0.3, -0.25) is 0 Å². The Labute approximate surface area is 120 Å². The molecule has 106 valence electrons. The second-order valence-electron chi connectivity index (χ2n) is 4.74. The Kier molecular flexibility index (Phi) is 5.44. The van der Waals surface area contributed by atoms with Gasteiger partial charge in [0, 0.05) is 18.1 Å². The topological polar surface area (TPSA) is 35.1 Å². The van der Waals surface area contributed by atoms with Crippen LogP contribution < -0.4 is 14.8 Å². The molecular formula is C17H22NO2+. The average Bonchev–Trinajstić information content (AvgIpc) is 2.52. The van der Waals surface area contributed by atoms with Crippen LogP contribution >= 0.6 is 0 Å². The van der Waals surface area contributed by atoms with E-state index >= 15 is 0 Å². The Bertz CT molecular complexity index is 504. The van der Waals surface area contributed by atoms with E-state index in [9.17, 15) is 0 Å². The predicted molar refractivity (Wildman–Crippen MR) is 80.2 cm³/mol. The molecule has 0 bridgehead atoms. The van der Waals surface area contributed by atoms with E-state index in [0.717, 1.165) is 31.0 Å². The van der Waals surface area contributed by atoms with Gasteiger partial charge in [0.15, 0.2) is 0 Å². The number of hydrogen-bond acceptors (Lipinski definition) is 2. The van der Waals surface area contributed by atoms with Crippen LogP contribution in [-0.4, -0.2) is 20.8 Å². The van der Waals surface area contributed by atoms with Crippen molar-refractivity contribution in [2.75, 3.05) is 20.8 Å². The van der Waals surface area contributed by atoms with Crippen LogP contribution in [0.1, 0.15) is 11.1 Å². The van der Waals surface area contributed by atoms with E-state index in [-0.39, 0.29) is 0 Å². The third-order valence-electron chi connectivity index (χ3n) is 3.27. The zero-order valence-corrected chi connectivity index (χ0v) is 12.1. The summed E-state index contributed by atoms with van der Waals surface area (Å²) in [6.07, 6.45) is 1.09. The molecule has 3 heteroatoms. The Morgan fingerprint density at radius 1 is 0.850 bits per heavy atom. The van der Waals surface area contributed by atoms with Crippen LogP contribution in [0.4, 0.5) is 0 Å². The molecule has 0 saturated heterocycles. The molecule has 0 fully saturated rings. The number of quaternary nitrogens is 1.